The number of halogens is 1. The van der Waals surface area contributed by atoms with Crippen molar-refractivity contribution >= 4 is 40.5 Å². The number of thiophene rings is 1. The highest BCUT2D eigenvalue weighted by Crippen LogP contribution is 2.22. The Morgan fingerprint density at radius 1 is 1.44 bits per heavy atom. The van der Waals surface area contributed by atoms with Crippen molar-refractivity contribution in [2.24, 2.45) is 0 Å². The zero-order valence-electron chi connectivity index (χ0n) is 15.4. The van der Waals surface area contributed by atoms with Gasteiger partial charge in [-0.1, -0.05) is 6.08 Å². The molecule has 1 amide bonds. The van der Waals surface area contributed by atoms with Gasteiger partial charge in [-0.2, -0.15) is 0 Å². The van der Waals surface area contributed by atoms with Crippen LogP contribution in [0.1, 0.15) is 17.1 Å². The number of hydrogen-bond acceptors (Lipinski definition) is 6. The van der Waals surface area contributed by atoms with Crippen LogP contribution in [-0.2, 0) is 27.9 Å². The average molecular weight is 433 g/mol. The molecule has 0 aliphatic rings. The molecule has 0 aliphatic heterocycles. The van der Waals surface area contributed by atoms with Gasteiger partial charge in [0.25, 0.3) is 0 Å². The second-order valence-corrected chi connectivity index (χ2v) is 8.35. The number of carbonyl (C=O) groups excluding carboxylic acids is 1. The number of rotatable bonds is 11. The average Bonchev–Trinajstić information content (AvgIpc) is 3.22. The molecule has 150 valence electrons. The van der Waals surface area contributed by atoms with Crippen LogP contribution in [0.25, 0.3) is 0 Å². The number of carbonyl (C=O) groups is 1. The van der Waals surface area contributed by atoms with E-state index in [0.29, 0.717) is 18.8 Å². The molecule has 0 radical (unpaired) electrons. The molecule has 0 saturated carbocycles. The Morgan fingerprint density at radius 2 is 2.26 bits per heavy atom. The van der Waals surface area contributed by atoms with E-state index in [9.17, 15) is 9.00 Å². The van der Waals surface area contributed by atoms with Crippen molar-refractivity contribution in [3.05, 3.63) is 52.8 Å². The van der Waals surface area contributed by atoms with Gasteiger partial charge in [-0.15, -0.1) is 23.7 Å². The van der Waals surface area contributed by atoms with Gasteiger partial charge in [0.1, 0.15) is 17.3 Å². The Labute approximate surface area is 172 Å². The predicted molar refractivity (Wildman–Crippen MR) is 112 cm³/mol. The Morgan fingerprint density at radius 3 is 2.96 bits per heavy atom. The van der Waals surface area contributed by atoms with E-state index in [1.54, 1.807) is 29.7 Å². The third-order valence-electron chi connectivity index (χ3n) is 3.19. The predicted octanol–water partition coefficient (Wildman–Crippen LogP) is 3.17. The van der Waals surface area contributed by atoms with Crippen LogP contribution < -0.4 is 10.1 Å². The minimum atomic E-state index is -1.28. The SMILES string of the molecule is CN(C)Cc1cc(OCC/C=C\NC(=O)CS(=O)Cc2ccco2)cs1.Cl. The van der Waals surface area contributed by atoms with E-state index in [4.69, 9.17) is 9.15 Å². The number of ether oxygens (including phenoxy) is 1. The molecular weight excluding hydrogens is 408 g/mol. The molecule has 0 spiro atoms. The summed E-state index contributed by atoms with van der Waals surface area (Å²) >= 11 is 1.68. The Balaban J connectivity index is 0.00000364. The largest absolute Gasteiger partial charge is 0.492 e. The fraction of sp³-hybridized carbons (Fsp3) is 0.389. The van der Waals surface area contributed by atoms with Gasteiger partial charge in [-0.3, -0.25) is 9.00 Å². The number of nitrogens with zero attached hydrogens (tertiary/aromatic N) is 1. The highest BCUT2D eigenvalue weighted by molar-refractivity contribution is 7.84. The molecule has 1 unspecified atom stereocenters. The quantitative estimate of drug-likeness (QED) is 0.552. The molecule has 0 fully saturated rings. The number of amides is 1. The molecule has 27 heavy (non-hydrogen) atoms. The Kier molecular flexibility index (Phi) is 11.0. The summed E-state index contributed by atoms with van der Waals surface area (Å²) in [5.74, 6) is 1.40. The van der Waals surface area contributed by atoms with Crippen LogP contribution in [0.5, 0.6) is 5.75 Å². The van der Waals surface area contributed by atoms with Gasteiger partial charge in [0.05, 0.1) is 18.6 Å². The molecule has 6 nitrogen and oxygen atoms in total. The van der Waals surface area contributed by atoms with Crippen LogP contribution in [0.15, 0.2) is 46.5 Å². The topological polar surface area (TPSA) is 71.8 Å². The highest BCUT2D eigenvalue weighted by atomic mass is 35.5. The van der Waals surface area contributed by atoms with Crippen molar-refractivity contribution in [3.63, 3.8) is 0 Å². The van der Waals surface area contributed by atoms with E-state index >= 15 is 0 Å². The highest BCUT2D eigenvalue weighted by Gasteiger charge is 2.09. The van der Waals surface area contributed by atoms with E-state index in [-0.39, 0.29) is 29.8 Å². The van der Waals surface area contributed by atoms with Crippen LogP contribution >= 0.6 is 23.7 Å². The summed E-state index contributed by atoms with van der Waals surface area (Å²) in [4.78, 5) is 15.1. The standard InChI is InChI=1S/C18H24N2O4S2.ClH/c1-20(2)11-17-10-16(12-25-17)24-8-4-3-7-19-18(21)14-26(22)13-15-6-5-9-23-15;/h3,5-7,9-10,12H,4,8,11,13-14H2,1-2H3,(H,19,21);1H/b7-3-;. The van der Waals surface area contributed by atoms with Crippen molar-refractivity contribution < 1.29 is 18.2 Å². The van der Waals surface area contributed by atoms with Crippen LogP contribution in [0, 0.1) is 0 Å². The molecule has 1 N–H and O–H groups in total. The summed E-state index contributed by atoms with van der Waals surface area (Å²) in [5, 5.41) is 4.61. The molecule has 9 heteroatoms. The lowest BCUT2D eigenvalue weighted by molar-refractivity contribution is -0.117. The summed E-state index contributed by atoms with van der Waals surface area (Å²) in [6.45, 7) is 1.44. The van der Waals surface area contributed by atoms with E-state index < -0.39 is 10.8 Å². The van der Waals surface area contributed by atoms with Crippen molar-refractivity contribution in [1.29, 1.82) is 0 Å². The van der Waals surface area contributed by atoms with Gasteiger partial charge in [0.15, 0.2) is 0 Å². The first-order valence-corrected chi connectivity index (χ1v) is 10.6. The van der Waals surface area contributed by atoms with Crippen LogP contribution in [0.3, 0.4) is 0 Å². The van der Waals surface area contributed by atoms with Gasteiger partial charge in [-0.25, -0.2) is 0 Å². The van der Waals surface area contributed by atoms with Gasteiger partial charge >= 0.3 is 0 Å². The lowest BCUT2D eigenvalue weighted by atomic mass is 10.4. The van der Waals surface area contributed by atoms with Crippen molar-refractivity contribution in [3.8, 4) is 5.75 Å². The maximum absolute atomic E-state index is 11.8. The van der Waals surface area contributed by atoms with Gasteiger partial charge in [0.2, 0.25) is 5.91 Å². The molecule has 2 heterocycles. The summed E-state index contributed by atoms with van der Waals surface area (Å²) in [7, 11) is 2.79. The molecule has 0 bridgehead atoms. The zero-order chi connectivity index (χ0) is 18.8. The van der Waals surface area contributed by atoms with Crippen LogP contribution in [0.2, 0.25) is 0 Å². The van der Waals surface area contributed by atoms with Crippen molar-refractivity contribution in [2.45, 2.75) is 18.7 Å². The first-order valence-electron chi connectivity index (χ1n) is 8.19. The molecule has 2 aromatic rings. The second-order valence-electron chi connectivity index (χ2n) is 5.90. The van der Waals surface area contributed by atoms with E-state index in [1.165, 1.54) is 11.1 Å². The molecule has 2 aromatic heterocycles. The smallest absolute Gasteiger partial charge is 0.236 e. The third kappa shape index (κ3) is 9.76. The van der Waals surface area contributed by atoms with Crippen LogP contribution in [-0.4, -0.2) is 41.5 Å². The van der Waals surface area contributed by atoms with Crippen LogP contribution in [0.4, 0.5) is 0 Å². The van der Waals surface area contributed by atoms with E-state index in [0.717, 1.165) is 12.3 Å². The van der Waals surface area contributed by atoms with Gasteiger partial charge < -0.3 is 19.4 Å². The molecule has 0 aliphatic carbocycles. The molecule has 2 rings (SSSR count). The van der Waals surface area contributed by atoms with Crippen molar-refractivity contribution in [2.75, 3.05) is 26.5 Å². The Hall–Kier alpha value is -1.61. The molecule has 0 aromatic carbocycles. The minimum Gasteiger partial charge on any atom is -0.492 e. The fourth-order valence-corrected chi connectivity index (χ4v) is 3.98. The monoisotopic (exact) mass is 432 g/mol. The summed E-state index contributed by atoms with van der Waals surface area (Å²) in [6, 6.07) is 5.52. The number of hydrogen-bond donors (Lipinski definition) is 1. The van der Waals surface area contributed by atoms with Crippen molar-refractivity contribution in [1.82, 2.24) is 10.2 Å². The second kappa shape index (κ2) is 12.7. The van der Waals surface area contributed by atoms with Gasteiger partial charge in [-0.05, 0) is 38.5 Å². The maximum Gasteiger partial charge on any atom is 0.236 e. The zero-order valence-corrected chi connectivity index (χ0v) is 17.8. The van der Waals surface area contributed by atoms with E-state index in [1.807, 2.05) is 31.6 Å². The lowest BCUT2D eigenvalue weighted by Crippen LogP contribution is -2.24. The van der Waals surface area contributed by atoms with Gasteiger partial charge in [0, 0.05) is 34.0 Å². The lowest BCUT2D eigenvalue weighted by Gasteiger charge is -2.06. The maximum atomic E-state index is 11.8. The number of furan rings is 1. The first-order chi connectivity index (χ1) is 12.5. The molecular formula is C18H25ClN2O4S2. The third-order valence-corrected chi connectivity index (χ3v) is 5.28. The summed E-state index contributed by atoms with van der Waals surface area (Å²) in [5.41, 5.74) is 0. The summed E-state index contributed by atoms with van der Waals surface area (Å²) < 4.78 is 22.6. The molecule has 0 saturated heterocycles. The molecule has 1 atom stereocenters. The minimum absolute atomic E-state index is 0. The normalized spacial score (nSPS) is 12.1. The summed E-state index contributed by atoms with van der Waals surface area (Å²) in [6.07, 6.45) is 5.59. The fourth-order valence-electron chi connectivity index (χ4n) is 2.10. The first kappa shape index (κ1) is 23.4. The van der Waals surface area contributed by atoms with E-state index in [2.05, 4.69) is 10.2 Å². The Bertz CT molecular complexity index is 730. The number of nitrogens with one attached hydrogen (secondary N) is 1.